The lowest BCUT2D eigenvalue weighted by molar-refractivity contribution is 0.119. The number of likely N-dealkylation sites (N-methyl/N-ethyl adjacent to an activating group) is 1. The second kappa shape index (κ2) is 20.0. The summed E-state index contributed by atoms with van der Waals surface area (Å²) in [5, 5.41) is 4.34. The first-order chi connectivity index (χ1) is 19.7. The van der Waals surface area contributed by atoms with Crippen molar-refractivity contribution in [2.24, 2.45) is 0 Å². The molecule has 2 fully saturated rings. The highest BCUT2D eigenvalue weighted by Crippen LogP contribution is 2.44. The van der Waals surface area contributed by atoms with E-state index in [-0.39, 0.29) is 11.6 Å². The molecule has 0 spiro atoms. The van der Waals surface area contributed by atoms with Crippen molar-refractivity contribution in [1.29, 1.82) is 0 Å². The molecule has 1 saturated carbocycles. The van der Waals surface area contributed by atoms with E-state index in [1.807, 2.05) is 86.1 Å². The monoisotopic (exact) mass is 610 g/mol. The van der Waals surface area contributed by atoms with E-state index in [2.05, 4.69) is 20.1 Å². The molecule has 1 aliphatic carbocycles. The molecule has 0 radical (unpaired) electrons. The van der Waals surface area contributed by atoms with Crippen molar-refractivity contribution in [1.82, 2.24) is 20.1 Å². The molecule has 0 atom stereocenters. The summed E-state index contributed by atoms with van der Waals surface area (Å²) in [5.41, 5.74) is 2.28. The van der Waals surface area contributed by atoms with E-state index in [4.69, 9.17) is 32.7 Å². The van der Waals surface area contributed by atoms with E-state index in [9.17, 15) is 4.79 Å². The first-order valence-corrected chi connectivity index (χ1v) is 15.8. The van der Waals surface area contributed by atoms with Gasteiger partial charge >= 0.3 is 6.09 Å². The minimum absolute atomic E-state index is 0.132. The number of ether oxygens (including phenoxy) is 2. The van der Waals surface area contributed by atoms with Gasteiger partial charge in [0.2, 0.25) is 0 Å². The first kappa shape index (κ1) is 37.0. The zero-order chi connectivity index (χ0) is 30.8. The normalized spacial score (nSPS) is 15.7. The third-order valence-corrected chi connectivity index (χ3v) is 7.59. The van der Waals surface area contributed by atoms with E-state index >= 15 is 0 Å². The summed E-state index contributed by atoms with van der Waals surface area (Å²) in [6.45, 7) is 16.5. The third kappa shape index (κ3) is 12.8. The van der Waals surface area contributed by atoms with Gasteiger partial charge in [-0.15, -0.1) is 0 Å². The number of hydrogen-bond donors (Lipinski definition) is 1. The van der Waals surface area contributed by atoms with Crippen LogP contribution in [0, 0.1) is 6.92 Å². The van der Waals surface area contributed by atoms with Gasteiger partial charge in [-0.05, 0) is 96.5 Å². The highest BCUT2D eigenvalue weighted by molar-refractivity contribution is 6.35. The molecule has 1 N–H and O–H groups in total. The quantitative estimate of drug-likeness (QED) is 0.312. The number of pyridine rings is 1. The Labute approximate surface area is 258 Å². The fraction of sp³-hybridized carbons (Fsp3) is 0.625. The number of nitrogens with one attached hydrogen (secondary N) is 1. The van der Waals surface area contributed by atoms with E-state index in [1.165, 1.54) is 0 Å². The Morgan fingerprint density at radius 1 is 1.12 bits per heavy atom. The van der Waals surface area contributed by atoms with Gasteiger partial charge < -0.3 is 19.7 Å². The smallest absolute Gasteiger partial charge is 0.407 e. The maximum atomic E-state index is 11.6. The average Bonchev–Trinajstić information content (AvgIpc) is 3.78. The largest absolute Gasteiger partial charge is 0.490 e. The number of hydrogen-bond acceptors (Lipinski definition) is 6. The van der Waals surface area contributed by atoms with Crippen molar-refractivity contribution < 1.29 is 14.3 Å². The zero-order valence-corrected chi connectivity index (χ0v) is 27.9. The molecule has 1 aromatic carbocycles. The molecule has 232 valence electrons. The van der Waals surface area contributed by atoms with Gasteiger partial charge in [-0.1, -0.05) is 57.0 Å². The Balaban J connectivity index is 0.000000541. The van der Waals surface area contributed by atoms with Gasteiger partial charge in [0.1, 0.15) is 12.4 Å². The highest BCUT2D eigenvalue weighted by Gasteiger charge is 2.49. The molecule has 2 heterocycles. The number of aromatic nitrogens is 1. The molecule has 2 aromatic rings. The first-order valence-electron chi connectivity index (χ1n) is 15.0. The van der Waals surface area contributed by atoms with Gasteiger partial charge in [0.25, 0.3) is 0 Å². The predicted octanol–water partition coefficient (Wildman–Crippen LogP) is 7.83. The van der Waals surface area contributed by atoms with Crippen molar-refractivity contribution in [3.05, 3.63) is 57.8 Å². The molecular weight excluding hydrogens is 559 g/mol. The molecular formula is C32H52Cl2N4O3. The Bertz CT molecular complexity index is 1010. The number of amides is 1. The van der Waals surface area contributed by atoms with Gasteiger partial charge in [0.15, 0.2) is 0 Å². The van der Waals surface area contributed by atoms with Crippen LogP contribution in [0.1, 0.15) is 77.5 Å². The number of alkyl carbamates (subject to hydrolysis) is 1. The number of carbonyl (C=O) groups is 1. The summed E-state index contributed by atoms with van der Waals surface area (Å²) in [4.78, 5) is 20.9. The fourth-order valence-electron chi connectivity index (χ4n) is 4.53. The Kier molecular flexibility index (Phi) is 18.0. The van der Waals surface area contributed by atoms with Crippen LogP contribution in [0.5, 0.6) is 5.75 Å². The molecule has 1 amide bonds. The number of benzene rings is 1. The van der Waals surface area contributed by atoms with Crippen LogP contribution < -0.4 is 10.1 Å². The molecule has 7 nitrogen and oxygen atoms in total. The SMILES string of the molecule is CC.CC.CCOC(=O)NCC1(N2CCC(c3ncccc3OCCN(C)C)CC2)CC1.Cc1ccc(Cl)cc1Cl. The molecule has 2 aliphatic rings. The number of nitrogens with zero attached hydrogens (tertiary/aromatic N) is 3. The summed E-state index contributed by atoms with van der Waals surface area (Å²) < 4.78 is 11.0. The summed E-state index contributed by atoms with van der Waals surface area (Å²) in [7, 11) is 4.10. The number of aryl methyl sites for hydroxylation is 1. The minimum atomic E-state index is -0.309. The van der Waals surface area contributed by atoms with Gasteiger partial charge in [-0.3, -0.25) is 9.88 Å². The van der Waals surface area contributed by atoms with Crippen LogP contribution in [0.2, 0.25) is 10.0 Å². The lowest BCUT2D eigenvalue weighted by Crippen LogP contribution is -2.49. The zero-order valence-electron chi connectivity index (χ0n) is 26.4. The predicted molar refractivity (Wildman–Crippen MR) is 173 cm³/mol. The molecule has 1 aromatic heterocycles. The number of likely N-dealkylation sites (tertiary alicyclic amines) is 1. The molecule has 1 saturated heterocycles. The van der Waals surface area contributed by atoms with Crippen LogP contribution >= 0.6 is 23.2 Å². The lowest BCUT2D eigenvalue weighted by Gasteiger charge is -2.38. The summed E-state index contributed by atoms with van der Waals surface area (Å²) in [5.74, 6) is 1.36. The van der Waals surface area contributed by atoms with Gasteiger partial charge in [0, 0.05) is 40.8 Å². The van der Waals surface area contributed by atoms with Crippen LogP contribution in [0.4, 0.5) is 4.79 Å². The number of rotatable bonds is 9. The number of carbonyl (C=O) groups excluding carboxylic acids is 1. The maximum absolute atomic E-state index is 11.6. The Hall–Kier alpha value is -2.06. The van der Waals surface area contributed by atoms with Crippen molar-refractivity contribution in [2.45, 2.75) is 78.7 Å². The van der Waals surface area contributed by atoms with Crippen LogP contribution in [0.25, 0.3) is 0 Å². The van der Waals surface area contributed by atoms with Crippen LogP contribution in [0.15, 0.2) is 36.5 Å². The Morgan fingerprint density at radius 2 is 1.78 bits per heavy atom. The van der Waals surface area contributed by atoms with Gasteiger partial charge in [0.05, 0.1) is 12.3 Å². The highest BCUT2D eigenvalue weighted by atomic mass is 35.5. The molecule has 4 rings (SSSR count). The van der Waals surface area contributed by atoms with E-state index < -0.39 is 0 Å². The van der Waals surface area contributed by atoms with Crippen molar-refractivity contribution >= 4 is 29.3 Å². The van der Waals surface area contributed by atoms with Gasteiger partial charge in [-0.2, -0.15) is 0 Å². The van der Waals surface area contributed by atoms with Crippen LogP contribution in [0.3, 0.4) is 0 Å². The molecule has 9 heteroatoms. The van der Waals surface area contributed by atoms with Crippen LogP contribution in [-0.4, -0.2) is 79.9 Å². The van der Waals surface area contributed by atoms with Crippen molar-refractivity contribution in [2.75, 3.05) is 53.5 Å². The van der Waals surface area contributed by atoms with Crippen molar-refractivity contribution in [3.8, 4) is 5.75 Å². The second-order valence-electron chi connectivity index (χ2n) is 9.99. The van der Waals surface area contributed by atoms with E-state index in [1.54, 1.807) is 6.07 Å². The maximum Gasteiger partial charge on any atom is 0.407 e. The van der Waals surface area contributed by atoms with Crippen molar-refractivity contribution in [3.63, 3.8) is 0 Å². The topological polar surface area (TPSA) is 66.9 Å². The lowest BCUT2D eigenvalue weighted by atomic mass is 9.91. The summed E-state index contributed by atoms with van der Waals surface area (Å²) >= 11 is 11.4. The average molecular weight is 612 g/mol. The fourth-order valence-corrected chi connectivity index (χ4v) is 4.94. The van der Waals surface area contributed by atoms with Gasteiger partial charge in [-0.25, -0.2) is 4.79 Å². The molecule has 0 unspecified atom stereocenters. The molecule has 0 bridgehead atoms. The van der Waals surface area contributed by atoms with Crippen LogP contribution in [-0.2, 0) is 4.74 Å². The summed E-state index contributed by atoms with van der Waals surface area (Å²) in [6.07, 6.45) is 5.99. The second-order valence-corrected chi connectivity index (χ2v) is 10.8. The Morgan fingerprint density at radius 3 is 2.32 bits per heavy atom. The number of piperidine rings is 1. The standard InChI is InChI=1S/C21H34N4O3.C7H6Cl2.2C2H6/c1-4-27-20(26)23-16-21(9-10-21)25-12-7-17(8-13-25)19-18(6-5-11-22-19)28-15-14-24(2)3;1-5-2-3-6(8)4-7(5)9;2*1-2/h5-6,11,17H,4,7-10,12-16H2,1-3H3,(H,23,26);2-4H,1H3;2*1-2H3. The molecule has 41 heavy (non-hydrogen) atoms. The minimum Gasteiger partial charge on any atom is -0.490 e. The molecule has 1 aliphatic heterocycles. The summed E-state index contributed by atoms with van der Waals surface area (Å²) in [6, 6.07) is 9.44. The number of halogens is 2. The third-order valence-electron chi connectivity index (χ3n) is 6.95. The van der Waals surface area contributed by atoms with E-state index in [0.29, 0.717) is 30.7 Å². The van der Waals surface area contributed by atoms with E-state index in [0.717, 1.165) is 67.3 Å².